The zero-order valence-corrected chi connectivity index (χ0v) is 19.0. The van der Waals surface area contributed by atoms with Crippen LogP contribution in [0.2, 0.25) is 0 Å². The SMILES string of the molecule is CCOc1cc2c(cc1C(C)C)[C@H](NC(=O)c1ccc(-n3cnc(C)c3)c(OC)n1)CO2. The number of benzene rings is 1. The molecule has 1 atom stereocenters. The molecular formula is C24H28N4O4. The summed E-state index contributed by atoms with van der Waals surface area (Å²) >= 11 is 0. The van der Waals surface area contributed by atoms with Crippen molar-refractivity contribution in [1.82, 2.24) is 19.9 Å². The van der Waals surface area contributed by atoms with Gasteiger partial charge in [-0.3, -0.25) is 4.79 Å². The highest BCUT2D eigenvalue weighted by atomic mass is 16.5. The molecular weight excluding hydrogens is 408 g/mol. The van der Waals surface area contributed by atoms with E-state index in [0.29, 0.717) is 24.8 Å². The van der Waals surface area contributed by atoms with Gasteiger partial charge in [-0.05, 0) is 43.5 Å². The van der Waals surface area contributed by atoms with Gasteiger partial charge in [0.15, 0.2) is 0 Å². The van der Waals surface area contributed by atoms with E-state index in [1.54, 1.807) is 18.5 Å². The zero-order valence-electron chi connectivity index (χ0n) is 19.0. The number of hydrogen-bond acceptors (Lipinski definition) is 6. The van der Waals surface area contributed by atoms with Crippen LogP contribution in [0.25, 0.3) is 5.69 Å². The average Bonchev–Trinajstić information content (AvgIpc) is 3.38. The van der Waals surface area contributed by atoms with Crippen LogP contribution in [0, 0.1) is 6.92 Å². The van der Waals surface area contributed by atoms with Gasteiger partial charge >= 0.3 is 0 Å². The first-order valence-electron chi connectivity index (χ1n) is 10.7. The third-order valence-corrected chi connectivity index (χ3v) is 5.41. The number of methoxy groups -OCH3 is 1. The Hall–Kier alpha value is -3.55. The molecule has 0 fully saturated rings. The van der Waals surface area contributed by atoms with E-state index < -0.39 is 0 Å². The number of ether oxygens (including phenoxy) is 3. The minimum atomic E-state index is -0.293. The Bertz CT molecular complexity index is 1140. The number of imidazole rings is 1. The molecule has 1 aromatic carbocycles. The van der Waals surface area contributed by atoms with Gasteiger partial charge < -0.3 is 24.1 Å². The number of pyridine rings is 1. The van der Waals surface area contributed by atoms with E-state index in [0.717, 1.165) is 28.3 Å². The summed E-state index contributed by atoms with van der Waals surface area (Å²) in [5, 5.41) is 3.04. The van der Waals surface area contributed by atoms with Crippen molar-refractivity contribution in [2.75, 3.05) is 20.3 Å². The molecule has 32 heavy (non-hydrogen) atoms. The second-order valence-corrected chi connectivity index (χ2v) is 8.00. The highest BCUT2D eigenvalue weighted by molar-refractivity contribution is 5.93. The summed E-state index contributed by atoms with van der Waals surface area (Å²) in [6, 6.07) is 7.20. The molecule has 0 saturated carbocycles. The molecule has 0 unspecified atom stereocenters. The predicted molar refractivity (Wildman–Crippen MR) is 120 cm³/mol. The minimum Gasteiger partial charge on any atom is -0.493 e. The predicted octanol–water partition coefficient (Wildman–Crippen LogP) is 3.97. The molecule has 0 aliphatic carbocycles. The van der Waals surface area contributed by atoms with E-state index in [1.807, 2.05) is 30.7 Å². The Morgan fingerprint density at radius 1 is 1.34 bits per heavy atom. The van der Waals surface area contributed by atoms with Crippen molar-refractivity contribution in [1.29, 1.82) is 0 Å². The molecule has 1 aliphatic rings. The smallest absolute Gasteiger partial charge is 0.270 e. The van der Waals surface area contributed by atoms with Crippen LogP contribution in [0.1, 0.15) is 60.0 Å². The maximum Gasteiger partial charge on any atom is 0.270 e. The fourth-order valence-electron chi connectivity index (χ4n) is 3.80. The summed E-state index contributed by atoms with van der Waals surface area (Å²) in [5.74, 6) is 1.90. The lowest BCUT2D eigenvalue weighted by Crippen LogP contribution is -2.30. The van der Waals surface area contributed by atoms with Gasteiger partial charge in [-0.1, -0.05) is 13.8 Å². The molecule has 0 bridgehead atoms. The van der Waals surface area contributed by atoms with Crippen molar-refractivity contribution in [3.63, 3.8) is 0 Å². The number of amides is 1. The van der Waals surface area contributed by atoms with Crippen LogP contribution in [0.5, 0.6) is 17.4 Å². The highest BCUT2D eigenvalue weighted by Crippen LogP contribution is 2.40. The summed E-state index contributed by atoms with van der Waals surface area (Å²) in [6.07, 6.45) is 3.55. The maximum absolute atomic E-state index is 13.0. The van der Waals surface area contributed by atoms with E-state index in [9.17, 15) is 4.79 Å². The van der Waals surface area contributed by atoms with Crippen LogP contribution in [0.15, 0.2) is 36.8 Å². The largest absolute Gasteiger partial charge is 0.493 e. The van der Waals surface area contributed by atoms with Crippen LogP contribution >= 0.6 is 0 Å². The number of fused-ring (bicyclic) bond motifs is 1. The van der Waals surface area contributed by atoms with Gasteiger partial charge in [-0.2, -0.15) is 0 Å². The van der Waals surface area contributed by atoms with Gasteiger partial charge in [0.05, 0.1) is 31.8 Å². The molecule has 1 amide bonds. The number of hydrogen-bond donors (Lipinski definition) is 1. The second kappa shape index (κ2) is 8.90. The third kappa shape index (κ3) is 4.12. The van der Waals surface area contributed by atoms with Crippen LogP contribution in [-0.4, -0.2) is 40.8 Å². The van der Waals surface area contributed by atoms with Gasteiger partial charge in [0.1, 0.15) is 29.5 Å². The van der Waals surface area contributed by atoms with E-state index in [-0.39, 0.29) is 23.6 Å². The number of nitrogens with one attached hydrogen (secondary N) is 1. The lowest BCUT2D eigenvalue weighted by molar-refractivity contribution is 0.0924. The number of aromatic nitrogens is 3. The summed E-state index contributed by atoms with van der Waals surface area (Å²) in [7, 11) is 1.53. The lowest BCUT2D eigenvalue weighted by atomic mass is 9.97. The molecule has 1 aliphatic heterocycles. The molecule has 8 heteroatoms. The van der Waals surface area contributed by atoms with Gasteiger partial charge in [0, 0.05) is 17.8 Å². The molecule has 4 rings (SSSR count). The zero-order chi connectivity index (χ0) is 22.8. The van der Waals surface area contributed by atoms with Crippen molar-refractivity contribution < 1.29 is 19.0 Å². The van der Waals surface area contributed by atoms with Gasteiger partial charge in [-0.15, -0.1) is 0 Å². The van der Waals surface area contributed by atoms with Crippen LogP contribution < -0.4 is 19.5 Å². The Labute approximate surface area is 187 Å². The molecule has 0 saturated heterocycles. The number of rotatable bonds is 7. The summed E-state index contributed by atoms with van der Waals surface area (Å²) in [5.41, 5.74) is 3.90. The number of carbonyl (C=O) groups is 1. The van der Waals surface area contributed by atoms with Crippen LogP contribution in [0.4, 0.5) is 0 Å². The van der Waals surface area contributed by atoms with Crippen molar-refractivity contribution in [3.05, 3.63) is 59.3 Å². The summed E-state index contributed by atoms with van der Waals surface area (Å²) in [4.78, 5) is 21.6. The topological polar surface area (TPSA) is 87.5 Å². The highest BCUT2D eigenvalue weighted by Gasteiger charge is 2.29. The fourth-order valence-corrected chi connectivity index (χ4v) is 3.80. The molecule has 3 heterocycles. The molecule has 1 N–H and O–H groups in total. The Morgan fingerprint density at radius 2 is 2.16 bits per heavy atom. The molecule has 8 nitrogen and oxygen atoms in total. The normalized spacial score (nSPS) is 14.8. The number of aryl methyl sites for hydroxylation is 1. The van der Waals surface area contributed by atoms with Crippen LogP contribution in [-0.2, 0) is 0 Å². The maximum atomic E-state index is 13.0. The van der Waals surface area contributed by atoms with Crippen molar-refractivity contribution in [2.45, 2.75) is 39.7 Å². The van der Waals surface area contributed by atoms with E-state index >= 15 is 0 Å². The molecule has 0 spiro atoms. The van der Waals surface area contributed by atoms with E-state index in [1.165, 1.54) is 7.11 Å². The van der Waals surface area contributed by atoms with Gasteiger partial charge in [0.2, 0.25) is 5.88 Å². The number of carbonyl (C=O) groups excluding carboxylic acids is 1. The first-order valence-corrected chi connectivity index (χ1v) is 10.7. The first kappa shape index (κ1) is 21.7. The van der Waals surface area contributed by atoms with Crippen molar-refractivity contribution >= 4 is 5.91 Å². The van der Waals surface area contributed by atoms with Crippen molar-refractivity contribution in [3.8, 4) is 23.1 Å². The molecule has 168 valence electrons. The van der Waals surface area contributed by atoms with Crippen LogP contribution in [0.3, 0.4) is 0 Å². The summed E-state index contributed by atoms with van der Waals surface area (Å²) < 4.78 is 18.9. The monoisotopic (exact) mass is 436 g/mol. The number of nitrogens with zero attached hydrogens (tertiary/aromatic N) is 3. The average molecular weight is 437 g/mol. The Balaban J connectivity index is 1.57. The fraction of sp³-hybridized carbons (Fsp3) is 0.375. The Morgan fingerprint density at radius 3 is 2.81 bits per heavy atom. The molecule has 2 aromatic heterocycles. The van der Waals surface area contributed by atoms with Crippen molar-refractivity contribution in [2.24, 2.45) is 0 Å². The standard InChI is InChI=1S/C24H28N4O4/c1-6-31-21-10-22-17(9-16(21)14(2)3)19(12-32-22)26-23(29)18-7-8-20(24(27-18)30-5)28-11-15(4)25-13-28/h7-11,13-14,19H,6,12H2,1-5H3,(H,26,29)/t19-/m1/s1. The first-order chi connectivity index (χ1) is 15.4. The second-order valence-electron chi connectivity index (χ2n) is 8.00. The molecule has 0 radical (unpaired) electrons. The third-order valence-electron chi connectivity index (χ3n) is 5.41. The molecule has 3 aromatic rings. The van der Waals surface area contributed by atoms with E-state index in [4.69, 9.17) is 14.2 Å². The quantitative estimate of drug-likeness (QED) is 0.603. The van der Waals surface area contributed by atoms with Gasteiger partial charge in [-0.25, -0.2) is 9.97 Å². The van der Waals surface area contributed by atoms with E-state index in [2.05, 4.69) is 35.2 Å². The lowest BCUT2D eigenvalue weighted by Gasteiger charge is -2.17. The summed E-state index contributed by atoms with van der Waals surface area (Å²) in [6.45, 7) is 9.04. The minimum absolute atomic E-state index is 0.269. The van der Waals surface area contributed by atoms with Gasteiger partial charge in [0.25, 0.3) is 5.91 Å². The Kier molecular flexibility index (Phi) is 6.03.